The Kier molecular flexibility index (Phi) is 32.6. The monoisotopic (exact) mass is 888 g/mol. The van der Waals surface area contributed by atoms with Crippen molar-refractivity contribution in [2.45, 2.75) is 254 Å². The van der Waals surface area contributed by atoms with Crippen molar-refractivity contribution in [1.82, 2.24) is 5.32 Å². The van der Waals surface area contributed by atoms with Gasteiger partial charge in [0.05, 0.1) is 32.0 Å². The van der Waals surface area contributed by atoms with E-state index in [0.717, 1.165) is 44.9 Å². The number of aliphatic hydroxyl groups excluding tert-OH is 8. The number of rotatable bonds is 37. The summed E-state index contributed by atoms with van der Waals surface area (Å²) in [5.41, 5.74) is 0. The van der Waals surface area contributed by atoms with Crippen molar-refractivity contribution in [1.29, 1.82) is 0 Å². The van der Waals surface area contributed by atoms with Crippen LogP contribution in [0.4, 0.5) is 0 Å². The van der Waals surface area contributed by atoms with E-state index in [4.69, 9.17) is 18.9 Å². The van der Waals surface area contributed by atoms with Crippen LogP contribution in [-0.2, 0) is 23.7 Å². The van der Waals surface area contributed by atoms with Gasteiger partial charge in [0.2, 0.25) is 5.91 Å². The smallest absolute Gasteiger partial charge is 0.220 e. The molecule has 0 aromatic rings. The summed E-state index contributed by atoms with van der Waals surface area (Å²) < 4.78 is 22.5. The maximum Gasteiger partial charge on any atom is 0.220 e. The van der Waals surface area contributed by atoms with Crippen LogP contribution < -0.4 is 5.32 Å². The normalized spacial score (nSPS) is 27.9. The minimum Gasteiger partial charge on any atom is -0.394 e. The zero-order valence-electron chi connectivity index (χ0n) is 38.4. The summed E-state index contributed by atoms with van der Waals surface area (Å²) in [6.45, 7) is 2.66. The molecule has 2 aliphatic rings. The molecule has 0 aliphatic carbocycles. The molecule has 2 saturated heterocycles. The van der Waals surface area contributed by atoms with Gasteiger partial charge in [-0.05, 0) is 44.9 Å². The van der Waals surface area contributed by atoms with Crippen molar-refractivity contribution in [3.05, 3.63) is 24.3 Å². The maximum absolute atomic E-state index is 13.0. The number of allylic oxidation sites excluding steroid dienone is 3. The first-order chi connectivity index (χ1) is 30.1. The molecule has 0 bridgehead atoms. The molecule has 12 atom stereocenters. The SMILES string of the molecule is CCCCC/C=C/C(O)C(COC1OC(CO)C(OC2OC(CO)C(O)C(O)C2O)C(O)C1O)NC(=O)CCCCCCCCCCCCC/C=C\CCCCCCCCCC. The maximum atomic E-state index is 13.0. The van der Waals surface area contributed by atoms with Gasteiger partial charge in [0, 0.05) is 6.42 Å². The zero-order valence-corrected chi connectivity index (χ0v) is 38.4. The summed E-state index contributed by atoms with van der Waals surface area (Å²) in [6.07, 6.45) is 21.5. The number of amides is 1. The van der Waals surface area contributed by atoms with E-state index in [1.165, 1.54) is 109 Å². The van der Waals surface area contributed by atoms with Crippen molar-refractivity contribution in [2.24, 2.45) is 0 Å². The molecule has 0 aromatic heterocycles. The number of hydrogen-bond donors (Lipinski definition) is 9. The highest BCUT2D eigenvalue weighted by molar-refractivity contribution is 5.76. The largest absolute Gasteiger partial charge is 0.394 e. The number of unbranched alkanes of at least 4 members (excludes halogenated alkanes) is 22. The molecule has 364 valence electrons. The van der Waals surface area contributed by atoms with Crippen molar-refractivity contribution in [3.8, 4) is 0 Å². The van der Waals surface area contributed by atoms with Crippen molar-refractivity contribution in [2.75, 3.05) is 19.8 Å². The van der Waals surface area contributed by atoms with Gasteiger partial charge in [-0.3, -0.25) is 4.79 Å². The third kappa shape index (κ3) is 23.1. The van der Waals surface area contributed by atoms with Gasteiger partial charge in [0.1, 0.15) is 48.8 Å². The van der Waals surface area contributed by atoms with Crippen LogP contribution in [0, 0.1) is 0 Å². The second-order valence-electron chi connectivity index (χ2n) is 17.6. The minimum absolute atomic E-state index is 0.248. The van der Waals surface area contributed by atoms with Crippen molar-refractivity contribution in [3.63, 3.8) is 0 Å². The lowest BCUT2D eigenvalue weighted by Crippen LogP contribution is -2.65. The Balaban J connectivity index is 1.69. The molecule has 0 spiro atoms. The molecule has 62 heavy (non-hydrogen) atoms. The van der Waals surface area contributed by atoms with Gasteiger partial charge in [-0.2, -0.15) is 0 Å². The lowest BCUT2D eigenvalue weighted by Gasteiger charge is -2.46. The van der Waals surface area contributed by atoms with Gasteiger partial charge in [-0.15, -0.1) is 0 Å². The fraction of sp³-hybridized carbons (Fsp3) is 0.896. The molecule has 14 nitrogen and oxygen atoms in total. The summed E-state index contributed by atoms with van der Waals surface area (Å²) in [7, 11) is 0. The summed E-state index contributed by atoms with van der Waals surface area (Å²) in [4.78, 5) is 13.0. The van der Waals surface area contributed by atoms with Gasteiger partial charge in [0.15, 0.2) is 12.6 Å². The van der Waals surface area contributed by atoms with Crippen molar-refractivity contribution >= 4 is 5.91 Å². The van der Waals surface area contributed by atoms with Crippen LogP contribution in [0.1, 0.15) is 181 Å². The Morgan fingerprint density at radius 1 is 0.565 bits per heavy atom. The molecule has 0 saturated carbocycles. The Hall–Kier alpha value is -1.53. The number of carbonyl (C=O) groups is 1. The van der Waals surface area contributed by atoms with E-state index >= 15 is 0 Å². The molecule has 2 rings (SSSR count). The Bertz CT molecular complexity index is 1140. The summed E-state index contributed by atoms with van der Waals surface area (Å²) in [5.74, 6) is -0.248. The highest BCUT2D eigenvalue weighted by Crippen LogP contribution is 2.30. The second-order valence-corrected chi connectivity index (χ2v) is 17.6. The minimum atomic E-state index is -1.78. The Morgan fingerprint density at radius 3 is 1.56 bits per heavy atom. The Labute approximate surface area is 373 Å². The molecular formula is C48H89NO13. The summed E-state index contributed by atoms with van der Waals surface area (Å²) >= 11 is 0. The van der Waals surface area contributed by atoms with Crippen LogP contribution in [0.25, 0.3) is 0 Å². The van der Waals surface area contributed by atoms with E-state index < -0.39 is 86.8 Å². The summed E-state index contributed by atoms with van der Waals surface area (Å²) in [5, 5.41) is 86.1. The standard InChI is InChI=1S/C48H89NO13/c1-3-5-7-9-10-11-12-13-14-15-16-17-18-19-20-21-22-23-24-25-26-28-30-32-40(53)49-36(37(52)31-29-27-8-6-4-2)35-59-47-45(58)43(56)46(39(34-51)61-47)62-48-44(57)42(55)41(54)38(33-50)60-48/h15-16,29,31,36-39,41-48,50-52,54-58H,3-14,17-28,30,32-35H2,1-2H3,(H,49,53)/b16-15-,31-29+. The lowest BCUT2D eigenvalue weighted by atomic mass is 9.97. The van der Waals surface area contributed by atoms with Gasteiger partial charge in [-0.25, -0.2) is 0 Å². The molecule has 2 aliphatic heterocycles. The predicted molar refractivity (Wildman–Crippen MR) is 240 cm³/mol. The van der Waals surface area contributed by atoms with E-state index in [1.807, 2.05) is 6.08 Å². The molecule has 9 N–H and O–H groups in total. The van der Waals surface area contributed by atoms with Gasteiger partial charge in [0.25, 0.3) is 0 Å². The van der Waals surface area contributed by atoms with Crippen LogP contribution in [0.5, 0.6) is 0 Å². The molecular weight excluding hydrogens is 799 g/mol. The van der Waals surface area contributed by atoms with Gasteiger partial charge in [-0.1, -0.05) is 154 Å². The van der Waals surface area contributed by atoms with Crippen LogP contribution in [0.3, 0.4) is 0 Å². The molecule has 14 heteroatoms. The quantitative estimate of drug-likeness (QED) is 0.0267. The predicted octanol–water partition coefficient (Wildman–Crippen LogP) is 5.77. The summed E-state index contributed by atoms with van der Waals surface area (Å²) in [6, 6.07) is -0.908. The number of hydrogen-bond acceptors (Lipinski definition) is 13. The average Bonchev–Trinajstić information content (AvgIpc) is 3.27. The highest BCUT2D eigenvalue weighted by atomic mass is 16.7. The topological polar surface area (TPSA) is 228 Å². The fourth-order valence-corrected chi connectivity index (χ4v) is 8.05. The molecule has 12 unspecified atom stereocenters. The number of aliphatic hydroxyl groups is 8. The average molecular weight is 888 g/mol. The third-order valence-corrected chi connectivity index (χ3v) is 12.1. The second kappa shape index (κ2) is 35.7. The van der Waals surface area contributed by atoms with Gasteiger partial charge < -0.3 is 65.1 Å². The molecule has 0 aromatic carbocycles. The van der Waals surface area contributed by atoms with E-state index in [1.54, 1.807) is 6.08 Å². The van der Waals surface area contributed by atoms with Crippen molar-refractivity contribution < 1.29 is 64.6 Å². The first-order valence-corrected chi connectivity index (χ1v) is 24.6. The van der Waals surface area contributed by atoms with Crippen LogP contribution in [0.2, 0.25) is 0 Å². The van der Waals surface area contributed by atoms with Crippen LogP contribution in [-0.4, -0.2) is 140 Å². The zero-order chi connectivity index (χ0) is 45.4. The molecule has 2 fully saturated rings. The first kappa shape index (κ1) is 56.6. The molecule has 0 radical (unpaired) electrons. The van der Waals surface area contributed by atoms with E-state index in [2.05, 4.69) is 31.3 Å². The molecule has 2 heterocycles. The van der Waals surface area contributed by atoms with Gasteiger partial charge >= 0.3 is 0 Å². The Morgan fingerprint density at radius 2 is 1.02 bits per heavy atom. The number of carbonyl (C=O) groups excluding carboxylic acids is 1. The third-order valence-electron chi connectivity index (χ3n) is 12.1. The first-order valence-electron chi connectivity index (χ1n) is 24.6. The fourth-order valence-electron chi connectivity index (χ4n) is 8.05. The van der Waals surface area contributed by atoms with E-state index in [9.17, 15) is 45.6 Å². The number of ether oxygens (including phenoxy) is 4. The highest BCUT2D eigenvalue weighted by Gasteiger charge is 2.51. The molecule has 1 amide bonds. The van der Waals surface area contributed by atoms with Crippen LogP contribution >= 0.6 is 0 Å². The number of nitrogens with one attached hydrogen (secondary N) is 1. The van der Waals surface area contributed by atoms with E-state index in [-0.39, 0.29) is 18.9 Å². The lowest BCUT2D eigenvalue weighted by molar-refractivity contribution is -0.359. The van der Waals surface area contributed by atoms with E-state index in [0.29, 0.717) is 6.42 Å². The van der Waals surface area contributed by atoms with Crippen LogP contribution in [0.15, 0.2) is 24.3 Å².